The van der Waals surface area contributed by atoms with Gasteiger partial charge in [0.25, 0.3) is 0 Å². The van der Waals surface area contributed by atoms with Gasteiger partial charge in [-0.3, -0.25) is 0 Å². The van der Waals surface area contributed by atoms with Crippen LogP contribution in [0.15, 0.2) is 116 Å². The van der Waals surface area contributed by atoms with Gasteiger partial charge in [-0.2, -0.15) is 0 Å². The number of rotatable bonds is 3. The average molecular weight is 509 g/mol. The first-order valence-electron chi connectivity index (χ1n) is 12.3. The standard InChI is InChI=1S/C32H24OSi3/c1-3-28-20-36(4-2,35-34-33-28)32-11-7-10-23-16-24-12-13-25-17-26-14-21-8-5-6-9-22(21)15-27(26)18-29(25)30(24)19-31(23)32/h3-19,28H,1-2,20H2. The number of hydrogen-bond donors (Lipinski definition) is 0. The zero-order valence-electron chi connectivity index (χ0n) is 19.9. The van der Waals surface area contributed by atoms with E-state index in [4.69, 9.17) is 4.43 Å². The molecule has 0 aliphatic carbocycles. The third-order valence-corrected chi connectivity index (χ3v) is 20.8. The fraction of sp³-hybridized carbons (Fsp3) is 0.0625. The lowest BCUT2D eigenvalue weighted by Crippen LogP contribution is -2.60. The van der Waals surface area contributed by atoms with Crippen LogP contribution in [0.3, 0.4) is 0 Å². The smallest absolute Gasteiger partial charge is 0.204 e. The van der Waals surface area contributed by atoms with E-state index in [9.17, 15) is 0 Å². The monoisotopic (exact) mass is 508 g/mol. The lowest BCUT2D eigenvalue weighted by Gasteiger charge is -2.36. The van der Waals surface area contributed by atoms with Gasteiger partial charge in [-0.15, -0.1) is 13.2 Å². The molecule has 0 amide bonds. The van der Waals surface area contributed by atoms with Crippen molar-refractivity contribution in [3.05, 3.63) is 116 Å². The first-order valence-corrected chi connectivity index (χ1v) is 18.5. The molecule has 0 spiro atoms. The van der Waals surface area contributed by atoms with Gasteiger partial charge in [0.2, 0.25) is 9.28 Å². The van der Waals surface area contributed by atoms with Crippen molar-refractivity contribution >= 4 is 84.5 Å². The van der Waals surface area contributed by atoms with Crippen LogP contribution in [0.4, 0.5) is 0 Å². The van der Waals surface area contributed by atoms with Crippen LogP contribution in [0, 0.1) is 0 Å². The Morgan fingerprint density at radius 3 is 2.00 bits per heavy atom. The summed E-state index contributed by atoms with van der Waals surface area (Å²) in [5, 5.41) is 14.6. The van der Waals surface area contributed by atoms with Crippen molar-refractivity contribution in [2.75, 3.05) is 0 Å². The highest BCUT2D eigenvalue weighted by Crippen LogP contribution is 2.34. The van der Waals surface area contributed by atoms with Gasteiger partial charge in [-0.05, 0) is 96.3 Å². The van der Waals surface area contributed by atoms with Crippen molar-refractivity contribution in [1.29, 1.82) is 0 Å². The van der Waals surface area contributed by atoms with Crippen LogP contribution in [-0.4, -0.2) is 31.5 Å². The predicted molar refractivity (Wildman–Crippen MR) is 161 cm³/mol. The van der Waals surface area contributed by atoms with Gasteiger partial charge in [-0.1, -0.05) is 71.6 Å². The molecule has 170 valence electrons. The number of benzene rings is 6. The van der Waals surface area contributed by atoms with Crippen molar-refractivity contribution in [2.45, 2.75) is 12.1 Å². The molecule has 1 aliphatic heterocycles. The predicted octanol–water partition coefficient (Wildman–Crippen LogP) is 7.15. The van der Waals surface area contributed by atoms with Crippen molar-refractivity contribution in [2.24, 2.45) is 0 Å². The SMILES string of the molecule is C=CC1C[Si](C=C)(c2cccc3cc4ccc5cc6cc7ccccc7cc6cc5c4cc23)[Si][Si]O1. The summed E-state index contributed by atoms with van der Waals surface area (Å²) < 4.78 is 6.03. The molecule has 2 atom stereocenters. The molecule has 36 heavy (non-hydrogen) atoms. The summed E-state index contributed by atoms with van der Waals surface area (Å²) in [4.78, 5) is 0. The molecule has 7 rings (SSSR count). The van der Waals surface area contributed by atoms with E-state index in [1.165, 1.54) is 59.0 Å². The fourth-order valence-electron chi connectivity index (χ4n) is 5.82. The lowest BCUT2D eigenvalue weighted by atomic mass is 9.95. The zero-order chi connectivity index (χ0) is 24.3. The van der Waals surface area contributed by atoms with Crippen LogP contribution in [0.1, 0.15) is 0 Å². The second-order valence-electron chi connectivity index (χ2n) is 9.78. The van der Waals surface area contributed by atoms with Gasteiger partial charge in [0.05, 0.1) is 22.3 Å². The minimum atomic E-state index is -1.90. The summed E-state index contributed by atoms with van der Waals surface area (Å²) >= 11 is 0. The number of hydrogen-bond acceptors (Lipinski definition) is 1. The van der Waals surface area contributed by atoms with Crippen LogP contribution in [0.25, 0.3) is 53.9 Å². The molecule has 1 fully saturated rings. The van der Waals surface area contributed by atoms with E-state index in [-0.39, 0.29) is 6.10 Å². The van der Waals surface area contributed by atoms with Crippen molar-refractivity contribution < 1.29 is 4.43 Å². The first kappa shape index (κ1) is 22.0. The number of fused-ring (bicyclic) bond motifs is 6. The fourth-order valence-corrected chi connectivity index (χ4v) is 18.2. The molecular weight excluding hydrogens is 485 g/mol. The highest BCUT2D eigenvalue weighted by molar-refractivity contribution is 7.49. The molecule has 1 heterocycles. The molecule has 0 saturated carbocycles. The van der Waals surface area contributed by atoms with Gasteiger partial charge in [0, 0.05) is 0 Å². The molecular formula is C32H24OSi3. The van der Waals surface area contributed by atoms with Crippen LogP contribution in [0.5, 0.6) is 0 Å². The Balaban J connectivity index is 1.51. The van der Waals surface area contributed by atoms with E-state index in [1.807, 2.05) is 6.08 Å². The Labute approximate surface area is 216 Å². The summed E-state index contributed by atoms with van der Waals surface area (Å²) in [7, 11) is -0.558. The Hall–Kier alpha value is -3.29. The Bertz CT molecular complexity index is 1860. The summed E-state index contributed by atoms with van der Waals surface area (Å²) in [6.07, 6.45) is 2.11. The highest BCUT2D eigenvalue weighted by Gasteiger charge is 2.39. The molecule has 1 nitrogen and oxygen atoms in total. The second kappa shape index (κ2) is 8.39. The molecule has 2 unspecified atom stereocenters. The van der Waals surface area contributed by atoms with E-state index in [0.717, 1.165) is 14.6 Å². The van der Waals surface area contributed by atoms with Crippen molar-refractivity contribution in [3.8, 4) is 0 Å². The molecule has 0 bridgehead atoms. The summed E-state index contributed by atoms with van der Waals surface area (Å²) in [5.74, 6) is 0. The lowest BCUT2D eigenvalue weighted by molar-refractivity contribution is 0.290. The third kappa shape index (κ3) is 3.37. The Morgan fingerprint density at radius 2 is 1.28 bits per heavy atom. The van der Waals surface area contributed by atoms with Gasteiger partial charge < -0.3 is 4.43 Å². The molecule has 0 aromatic heterocycles. The van der Waals surface area contributed by atoms with Crippen LogP contribution < -0.4 is 5.19 Å². The van der Waals surface area contributed by atoms with Crippen LogP contribution in [0.2, 0.25) is 6.04 Å². The maximum Gasteiger partial charge on any atom is 0.204 e. The van der Waals surface area contributed by atoms with Crippen molar-refractivity contribution in [1.82, 2.24) is 0 Å². The second-order valence-corrected chi connectivity index (χ2v) is 20.1. The molecule has 6 aromatic carbocycles. The summed E-state index contributed by atoms with van der Waals surface area (Å²) in [6, 6.07) is 35.3. The molecule has 0 N–H and O–H groups in total. The molecule has 4 radical (unpaired) electrons. The zero-order valence-corrected chi connectivity index (χ0v) is 22.9. The highest BCUT2D eigenvalue weighted by atomic mass is 29.6. The van der Waals surface area contributed by atoms with E-state index >= 15 is 0 Å². The minimum absolute atomic E-state index is 0.131. The average Bonchev–Trinajstić information content (AvgIpc) is 2.93. The maximum atomic E-state index is 6.03. The molecule has 1 saturated heterocycles. The normalized spacial score (nSPS) is 20.4. The summed E-state index contributed by atoms with van der Waals surface area (Å²) in [5.41, 5.74) is 2.30. The Morgan fingerprint density at radius 1 is 0.667 bits per heavy atom. The first-order chi connectivity index (χ1) is 17.7. The largest absolute Gasteiger partial charge is 0.416 e. The minimum Gasteiger partial charge on any atom is -0.416 e. The van der Waals surface area contributed by atoms with Gasteiger partial charge >= 0.3 is 0 Å². The maximum absolute atomic E-state index is 6.03. The molecule has 1 aliphatic rings. The quantitative estimate of drug-likeness (QED) is 0.107. The van der Waals surface area contributed by atoms with Crippen LogP contribution >= 0.6 is 0 Å². The van der Waals surface area contributed by atoms with Crippen molar-refractivity contribution in [3.63, 3.8) is 0 Å². The van der Waals surface area contributed by atoms with E-state index in [0.29, 0.717) is 9.28 Å². The Kier molecular flexibility index (Phi) is 5.11. The molecule has 4 heteroatoms. The van der Waals surface area contributed by atoms with Gasteiger partial charge in [0.1, 0.15) is 0 Å². The van der Waals surface area contributed by atoms with E-state index in [1.54, 1.807) is 0 Å². The van der Waals surface area contributed by atoms with E-state index in [2.05, 4.69) is 110 Å². The molecule has 6 aromatic rings. The summed E-state index contributed by atoms with van der Waals surface area (Å²) in [6.45, 7) is 8.39. The third-order valence-electron chi connectivity index (χ3n) is 7.76. The van der Waals surface area contributed by atoms with Gasteiger partial charge in [-0.25, -0.2) is 0 Å². The van der Waals surface area contributed by atoms with E-state index < -0.39 is 7.59 Å². The topological polar surface area (TPSA) is 9.23 Å². The van der Waals surface area contributed by atoms with Gasteiger partial charge in [0.15, 0.2) is 0 Å². The van der Waals surface area contributed by atoms with Crippen LogP contribution in [-0.2, 0) is 4.43 Å².